The number of phosphoric ester groups is 1. The Morgan fingerprint density at radius 2 is 0.559 bits per heavy atom. The van der Waals surface area contributed by atoms with E-state index >= 15 is 0 Å². The molecule has 0 saturated carbocycles. The molecule has 0 aromatic heterocycles. The van der Waals surface area contributed by atoms with Crippen LogP contribution in [-0.2, 0) is 32.7 Å². The Morgan fingerprint density at radius 3 is 0.843 bits per heavy atom. The summed E-state index contributed by atoms with van der Waals surface area (Å²) in [5, 5.41) is 0. The Balaban J connectivity index is 4.01. The van der Waals surface area contributed by atoms with Gasteiger partial charge in [-0.05, 0) is 122 Å². The molecule has 102 heavy (non-hydrogen) atoms. The van der Waals surface area contributed by atoms with Gasteiger partial charge in [-0.15, -0.1) is 0 Å². The number of phosphoric acid groups is 1. The van der Waals surface area contributed by atoms with E-state index in [-0.39, 0.29) is 32.0 Å². The first kappa shape index (κ1) is 97.9. The van der Waals surface area contributed by atoms with E-state index < -0.39 is 26.5 Å². The molecule has 0 aliphatic rings. The molecule has 0 aromatic rings. The minimum Gasteiger partial charge on any atom is -0.756 e. The highest BCUT2D eigenvalue weighted by molar-refractivity contribution is 7.45. The summed E-state index contributed by atoms with van der Waals surface area (Å²) in [5.74, 6) is -0.840. The second-order valence-corrected chi connectivity index (χ2v) is 30.9. The zero-order chi connectivity index (χ0) is 74.0. The van der Waals surface area contributed by atoms with Gasteiger partial charge in [0.1, 0.15) is 19.8 Å². The van der Waals surface area contributed by atoms with Crippen LogP contribution in [0.3, 0.4) is 0 Å². The number of hydrogen-bond donors (Lipinski definition) is 0. The molecule has 0 aliphatic carbocycles. The second kappa shape index (κ2) is 81.0. The normalized spacial score (nSPS) is 13.7. The topological polar surface area (TPSA) is 111 Å². The minimum atomic E-state index is -4.66. The third kappa shape index (κ3) is 84.8. The predicted octanol–water partition coefficient (Wildman–Crippen LogP) is 28.2. The molecule has 2 atom stereocenters. The van der Waals surface area contributed by atoms with Crippen molar-refractivity contribution in [3.05, 3.63) is 146 Å². The lowest BCUT2D eigenvalue weighted by Crippen LogP contribution is -2.37. The Bertz CT molecular complexity index is 2240. The summed E-state index contributed by atoms with van der Waals surface area (Å²) in [6, 6.07) is 0. The van der Waals surface area contributed by atoms with E-state index in [9.17, 15) is 19.0 Å². The molecule has 0 bridgehead atoms. The standard InChI is InChI=1S/C92H160NO8P/c1-6-8-10-12-14-16-18-20-22-24-26-28-30-32-34-36-38-40-42-44-45-46-47-49-51-53-55-57-59-61-63-65-67-69-71-73-75-77-79-81-83-85-92(95)101-90(89-100-102(96,97)99-87-86-93(3,4)5)88-98-91(94)84-82-80-78-76-74-72-70-68-66-64-62-60-58-56-54-52-50-48-43-41-39-37-35-33-31-29-27-25-23-21-19-17-15-13-11-9-7-2/h8,10,14,16,20,22,25-28,32,34,38,40,44-45,47,49,53,55,59,61,65,67,90H,6-7,9,11-13,15,17-19,21,23-24,29-31,33,35-37,39,41-43,46,48,50-52,54,56-58,60,62-64,66,68-89H2,1-5H3/b10-8-,16-14-,22-20-,27-25-,28-26-,34-32-,40-38-,45-44-,49-47-,55-53-,61-59-,67-65-. The van der Waals surface area contributed by atoms with Gasteiger partial charge in [0.2, 0.25) is 0 Å². The quantitative estimate of drug-likeness (QED) is 0.0195. The fourth-order valence-corrected chi connectivity index (χ4v) is 12.6. The van der Waals surface area contributed by atoms with Gasteiger partial charge in [-0.25, -0.2) is 0 Å². The predicted molar refractivity (Wildman–Crippen MR) is 443 cm³/mol. The van der Waals surface area contributed by atoms with E-state index in [0.29, 0.717) is 17.4 Å². The molecule has 0 fully saturated rings. The molecule has 0 heterocycles. The van der Waals surface area contributed by atoms with E-state index in [2.05, 4.69) is 160 Å². The van der Waals surface area contributed by atoms with Crippen molar-refractivity contribution in [2.24, 2.45) is 0 Å². The molecule has 0 aliphatic heterocycles. The van der Waals surface area contributed by atoms with Gasteiger partial charge >= 0.3 is 11.9 Å². The smallest absolute Gasteiger partial charge is 0.306 e. The second-order valence-electron chi connectivity index (χ2n) is 29.5. The van der Waals surface area contributed by atoms with Crippen molar-refractivity contribution >= 4 is 19.8 Å². The van der Waals surface area contributed by atoms with Crippen molar-refractivity contribution in [3.63, 3.8) is 0 Å². The van der Waals surface area contributed by atoms with E-state index in [0.717, 1.165) is 122 Å². The van der Waals surface area contributed by atoms with Crippen molar-refractivity contribution in [2.75, 3.05) is 47.5 Å². The van der Waals surface area contributed by atoms with Crippen LogP contribution >= 0.6 is 7.82 Å². The first-order valence-electron chi connectivity index (χ1n) is 42.5. The molecule has 0 saturated heterocycles. The highest BCUT2D eigenvalue weighted by atomic mass is 31.2. The number of rotatable bonds is 78. The summed E-state index contributed by atoms with van der Waals surface area (Å²) in [6.07, 6.45) is 120. The molecule has 0 radical (unpaired) electrons. The Kier molecular flexibility index (Phi) is 77.7. The van der Waals surface area contributed by atoms with Crippen molar-refractivity contribution in [1.29, 1.82) is 0 Å². The van der Waals surface area contributed by atoms with Crippen LogP contribution in [0, 0.1) is 0 Å². The molecular formula is C92H160NO8P. The highest BCUT2D eigenvalue weighted by Gasteiger charge is 2.22. The Hall–Kier alpha value is -4.11. The molecule has 586 valence electrons. The maximum atomic E-state index is 12.9. The van der Waals surface area contributed by atoms with Crippen molar-refractivity contribution < 1.29 is 42.1 Å². The number of hydrogen-bond acceptors (Lipinski definition) is 8. The molecule has 0 rings (SSSR count). The van der Waals surface area contributed by atoms with Crippen LogP contribution in [0.4, 0.5) is 0 Å². The van der Waals surface area contributed by atoms with Gasteiger partial charge in [0.25, 0.3) is 7.82 Å². The average molecular weight is 1440 g/mol. The van der Waals surface area contributed by atoms with Crippen LogP contribution in [0.1, 0.15) is 373 Å². The third-order valence-electron chi connectivity index (χ3n) is 18.3. The lowest BCUT2D eigenvalue weighted by molar-refractivity contribution is -0.870. The SMILES string of the molecule is CC/C=C\C/C=C\C/C=C\C/C=C\C/C=C\C/C=C\C/C=C\C/C=C\C/C=C\C/C=C\C/C=C\CCCCCCCCCC(=O)OC(COC(=O)CCCCCCCCCCCCCCCCCCCCCCCCCCC/C=C\CCCCCCCCCC)COP(=O)([O-])OCC[N+](C)(C)C. The van der Waals surface area contributed by atoms with Gasteiger partial charge in [0.15, 0.2) is 6.10 Å². The number of esters is 2. The monoisotopic (exact) mass is 1440 g/mol. The first-order valence-corrected chi connectivity index (χ1v) is 44.0. The van der Waals surface area contributed by atoms with Crippen molar-refractivity contribution in [1.82, 2.24) is 0 Å². The number of likely N-dealkylation sites (N-methyl/N-ethyl adjacent to an activating group) is 1. The van der Waals surface area contributed by atoms with Gasteiger partial charge in [-0.1, -0.05) is 384 Å². The molecule has 0 amide bonds. The van der Waals surface area contributed by atoms with Gasteiger partial charge in [-0.3, -0.25) is 14.2 Å². The summed E-state index contributed by atoms with van der Waals surface area (Å²) >= 11 is 0. The number of allylic oxidation sites excluding steroid dienone is 24. The van der Waals surface area contributed by atoms with E-state index in [1.165, 1.54) is 218 Å². The third-order valence-corrected chi connectivity index (χ3v) is 19.3. The van der Waals surface area contributed by atoms with Gasteiger partial charge in [0, 0.05) is 12.8 Å². The number of nitrogens with zero attached hydrogens (tertiary/aromatic N) is 1. The fourth-order valence-electron chi connectivity index (χ4n) is 11.9. The Labute approximate surface area is 631 Å². The van der Waals surface area contributed by atoms with Crippen LogP contribution in [0.2, 0.25) is 0 Å². The molecule has 9 nitrogen and oxygen atoms in total. The summed E-state index contributed by atoms with van der Waals surface area (Å²) in [5.41, 5.74) is 0. The van der Waals surface area contributed by atoms with E-state index in [1.807, 2.05) is 21.1 Å². The molecule has 2 unspecified atom stereocenters. The zero-order valence-corrected chi connectivity index (χ0v) is 67.9. The lowest BCUT2D eigenvalue weighted by atomic mass is 10.0. The lowest BCUT2D eigenvalue weighted by Gasteiger charge is -2.28. The molecular weight excluding hydrogens is 1280 g/mol. The highest BCUT2D eigenvalue weighted by Crippen LogP contribution is 2.38. The minimum absolute atomic E-state index is 0.0381. The molecule has 10 heteroatoms. The largest absolute Gasteiger partial charge is 0.756 e. The van der Waals surface area contributed by atoms with Gasteiger partial charge in [-0.2, -0.15) is 0 Å². The summed E-state index contributed by atoms with van der Waals surface area (Å²) < 4.78 is 34.4. The van der Waals surface area contributed by atoms with E-state index in [4.69, 9.17) is 18.5 Å². The number of unbranched alkanes of at least 4 members (excludes halogenated alkanes) is 40. The maximum Gasteiger partial charge on any atom is 0.306 e. The van der Waals surface area contributed by atoms with E-state index in [1.54, 1.807) is 0 Å². The average Bonchev–Trinajstić information content (AvgIpc) is 0.916. The van der Waals surface area contributed by atoms with Crippen molar-refractivity contribution in [3.8, 4) is 0 Å². The number of carbonyl (C=O) groups is 2. The zero-order valence-electron chi connectivity index (χ0n) is 67.0. The van der Waals surface area contributed by atoms with Gasteiger partial charge in [0.05, 0.1) is 27.7 Å². The summed E-state index contributed by atoms with van der Waals surface area (Å²) in [7, 11) is 1.16. The molecule has 0 aromatic carbocycles. The van der Waals surface area contributed by atoms with Crippen molar-refractivity contribution in [2.45, 2.75) is 380 Å². The number of carbonyl (C=O) groups excluding carboxylic acids is 2. The maximum absolute atomic E-state index is 12.9. The Morgan fingerprint density at radius 1 is 0.314 bits per heavy atom. The van der Waals surface area contributed by atoms with Crippen LogP contribution in [0.5, 0.6) is 0 Å². The van der Waals surface area contributed by atoms with Crippen LogP contribution < -0.4 is 4.89 Å². The van der Waals surface area contributed by atoms with Crippen LogP contribution in [0.15, 0.2) is 146 Å². The summed E-state index contributed by atoms with van der Waals surface area (Å²) in [4.78, 5) is 38.2. The molecule has 0 N–H and O–H groups in total. The number of quaternary nitrogens is 1. The van der Waals surface area contributed by atoms with Crippen LogP contribution in [0.25, 0.3) is 0 Å². The van der Waals surface area contributed by atoms with Gasteiger partial charge < -0.3 is 27.9 Å². The number of ether oxygens (including phenoxy) is 2. The van der Waals surface area contributed by atoms with Crippen LogP contribution in [-0.4, -0.2) is 70.0 Å². The first-order chi connectivity index (χ1) is 50.0. The summed E-state index contributed by atoms with van der Waals surface area (Å²) in [6.45, 7) is 4.14. The fraction of sp³-hybridized carbons (Fsp3) is 0.717. The molecule has 0 spiro atoms.